The Morgan fingerprint density at radius 2 is 2.00 bits per heavy atom. The van der Waals surface area contributed by atoms with E-state index in [4.69, 9.17) is 11.5 Å². The van der Waals surface area contributed by atoms with Crippen LogP contribution in [0.5, 0.6) is 0 Å². The third kappa shape index (κ3) is 2.27. The topological polar surface area (TPSA) is 64.4 Å². The number of nitrogens with zero attached hydrogens (tertiary/aromatic N) is 1. The summed E-state index contributed by atoms with van der Waals surface area (Å²) in [6.07, 6.45) is 0. The van der Waals surface area contributed by atoms with E-state index < -0.39 is 0 Å². The van der Waals surface area contributed by atoms with E-state index in [0.717, 1.165) is 5.56 Å². The SMILES string of the molecule is Cc1ccccc1CN=C(N)N. The Kier molecular flexibility index (Phi) is 2.69. The first-order chi connectivity index (χ1) is 5.70. The molecule has 0 aliphatic rings. The lowest BCUT2D eigenvalue weighted by molar-refractivity contribution is 1.04. The van der Waals surface area contributed by atoms with Gasteiger partial charge in [-0.3, -0.25) is 0 Å². The van der Waals surface area contributed by atoms with E-state index in [-0.39, 0.29) is 5.96 Å². The molecular weight excluding hydrogens is 150 g/mol. The second kappa shape index (κ2) is 3.76. The highest BCUT2D eigenvalue weighted by atomic mass is 15.0. The molecule has 0 aliphatic carbocycles. The normalized spacial score (nSPS) is 9.42. The van der Waals surface area contributed by atoms with E-state index in [2.05, 4.69) is 4.99 Å². The van der Waals surface area contributed by atoms with Crippen molar-refractivity contribution in [3.05, 3.63) is 35.4 Å². The van der Waals surface area contributed by atoms with E-state index in [9.17, 15) is 0 Å². The molecule has 0 radical (unpaired) electrons. The van der Waals surface area contributed by atoms with Crippen LogP contribution in [0.3, 0.4) is 0 Å². The molecule has 3 nitrogen and oxygen atoms in total. The van der Waals surface area contributed by atoms with Crippen molar-refractivity contribution in [3.8, 4) is 0 Å². The van der Waals surface area contributed by atoms with Gasteiger partial charge in [0.1, 0.15) is 0 Å². The van der Waals surface area contributed by atoms with E-state index in [1.165, 1.54) is 5.56 Å². The van der Waals surface area contributed by atoms with Gasteiger partial charge in [-0.2, -0.15) is 0 Å². The molecule has 64 valence electrons. The molecule has 1 aromatic rings. The van der Waals surface area contributed by atoms with Crippen molar-refractivity contribution in [1.29, 1.82) is 0 Å². The minimum absolute atomic E-state index is 0.137. The van der Waals surface area contributed by atoms with Crippen LogP contribution in [0.4, 0.5) is 0 Å². The Balaban J connectivity index is 2.76. The molecule has 0 bridgehead atoms. The van der Waals surface area contributed by atoms with E-state index >= 15 is 0 Å². The van der Waals surface area contributed by atoms with Gasteiger partial charge in [-0.25, -0.2) is 4.99 Å². The number of aryl methyl sites for hydroxylation is 1. The minimum Gasteiger partial charge on any atom is -0.370 e. The van der Waals surface area contributed by atoms with Gasteiger partial charge in [0.15, 0.2) is 5.96 Å². The molecule has 0 unspecified atom stereocenters. The number of rotatable bonds is 2. The van der Waals surface area contributed by atoms with Crippen LogP contribution in [0, 0.1) is 6.92 Å². The summed E-state index contributed by atoms with van der Waals surface area (Å²) in [5.74, 6) is 0.137. The first kappa shape index (κ1) is 8.59. The number of aliphatic imine (C=N–C) groups is 1. The largest absolute Gasteiger partial charge is 0.370 e. The predicted octanol–water partition coefficient (Wildman–Crippen LogP) is 0.768. The maximum absolute atomic E-state index is 5.22. The van der Waals surface area contributed by atoms with Crippen LogP contribution in [0.15, 0.2) is 29.3 Å². The predicted molar refractivity (Wildman–Crippen MR) is 50.7 cm³/mol. The zero-order chi connectivity index (χ0) is 8.97. The summed E-state index contributed by atoms with van der Waals surface area (Å²) in [4.78, 5) is 3.93. The van der Waals surface area contributed by atoms with Gasteiger partial charge in [0.25, 0.3) is 0 Å². The lowest BCUT2D eigenvalue weighted by Gasteiger charge is -2.00. The van der Waals surface area contributed by atoms with Crippen molar-refractivity contribution in [3.63, 3.8) is 0 Å². The van der Waals surface area contributed by atoms with Gasteiger partial charge in [-0.15, -0.1) is 0 Å². The van der Waals surface area contributed by atoms with E-state index in [1.54, 1.807) is 0 Å². The molecule has 0 saturated carbocycles. The fraction of sp³-hybridized carbons (Fsp3) is 0.222. The lowest BCUT2D eigenvalue weighted by atomic mass is 10.1. The Morgan fingerprint density at radius 1 is 1.33 bits per heavy atom. The van der Waals surface area contributed by atoms with Gasteiger partial charge in [0.2, 0.25) is 0 Å². The molecule has 0 spiro atoms. The molecule has 1 rings (SSSR count). The monoisotopic (exact) mass is 163 g/mol. The molecule has 12 heavy (non-hydrogen) atoms. The smallest absolute Gasteiger partial charge is 0.186 e. The highest BCUT2D eigenvalue weighted by Gasteiger charge is 1.93. The molecular formula is C9H13N3. The van der Waals surface area contributed by atoms with Crippen LogP contribution in [0.25, 0.3) is 0 Å². The lowest BCUT2D eigenvalue weighted by Crippen LogP contribution is -2.22. The maximum Gasteiger partial charge on any atom is 0.186 e. The Bertz CT molecular complexity index is 288. The van der Waals surface area contributed by atoms with E-state index in [0.29, 0.717) is 6.54 Å². The quantitative estimate of drug-likeness (QED) is 0.499. The number of hydrogen-bond donors (Lipinski definition) is 2. The Labute approximate surface area is 72.1 Å². The van der Waals surface area contributed by atoms with Gasteiger partial charge in [0.05, 0.1) is 6.54 Å². The summed E-state index contributed by atoms with van der Waals surface area (Å²) in [6.45, 7) is 2.60. The molecule has 1 aromatic carbocycles. The minimum atomic E-state index is 0.137. The van der Waals surface area contributed by atoms with Crippen molar-refractivity contribution >= 4 is 5.96 Å². The van der Waals surface area contributed by atoms with Gasteiger partial charge in [-0.1, -0.05) is 24.3 Å². The molecule has 0 aliphatic heterocycles. The first-order valence-corrected chi connectivity index (χ1v) is 3.80. The number of hydrogen-bond acceptors (Lipinski definition) is 1. The molecule has 0 fully saturated rings. The first-order valence-electron chi connectivity index (χ1n) is 3.80. The highest BCUT2D eigenvalue weighted by Crippen LogP contribution is 2.07. The molecule has 0 amide bonds. The average molecular weight is 163 g/mol. The van der Waals surface area contributed by atoms with Crippen LogP contribution in [0.1, 0.15) is 11.1 Å². The van der Waals surface area contributed by atoms with Crippen LogP contribution < -0.4 is 11.5 Å². The maximum atomic E-state index is 5.22. The van der Waals surface area contributed by atoms with Crippen molar-refractivity contribution in [2.24, 2.45) is 16.5 Å². The standard InChI is InChI=1S/C9H13N3/c1-7-4-2-3-5-8(7)6-12-9(10)11/h2-5H,6H2,1H3,(H4,10,11,12). The summed E-state index contributed by atoms with van der Waals surface area (Å²) in [5, 5.41) is 0. The third-order valence-electron chi connectivity index (χ3n) is 1.69. The molecule has 3 heteroatoms. The molecule has 0 saturated heterocycles. The van der Waals surface area contributed by atoms with Crippen LogP contribution in [-0.2, 0) is 6.54 Å². The van der Waals surface area contributed by atoms with Crippen LogP contribution in [0.2, 0.25) is 0 Å². The Hall–Kier alpha value is -1.51. The van der Waals surface area contributed by atoms with Gasteiger partial charge >= 0.3 is 0 Å². The zero-order valence-corrected chi connectivity index (χ0v) is 7.12. The summed E-state index contributed by atoms with van der Waals surface area (Å²) in [5.41, 5.74) is 12.8. The second-order valence-corrected chi connectivity index (χ2v) is 2.67. The fourth-order valence-electron chi connectivity index (χ4n) is 0.964. The summed E-state index contributed by atoms with van der Waals surface area (Å²) in [6, 6.07) is 8.03. The van der Waals surface area contributed by atoms with Crippen molar-refractivity contribution in [2.45, 2.75) is 13.5 Å². The second-order valence-electron chi connectivity index (χ2n) is 2.67. The highest BCUT2D eigenvalue weighted by molar-refractivity contribution is 5.75. The van der Waals surface area contributed by atoms with Gasteiger partial charge < -0.3 is 11.5 Å². The summed E-state index contributed by atoms with van der Waals surface area (Å²) < 4.78 is 0. The van der Waals surface area contributed by atoms with Crippen molar-refractivity contribution in [2.75, 3.05) is 0 Å². The van der Waals surface area contributed by atoms with Crippen LogP contribution in [-0.4, -0.2) is 5.96 Å². The zero-order valence-electron chi connectivity index (χ0n) is 7.12. The number of benzene rings is 1. The molecule has 0 aromatic heterocycles. The summed E-state index contributed by atoms with van der Waals surface area (Å²) in [7, 11) is 0. The van der Waals surface area contributed by atoms with Crippen molar-refractivity contribution in [1.82, 2.24) is 0 Å². The fourth-order valence-corrected chi connectivity index (χ4v) is 0.964. The summed E-state index contributed by atoms with van der Waals surface area (Å²) >= 11 is 0. The molecule has 0 heterocycles. The third-order valence-corrected chi connectivity index (χ3v) is 1.69. The Morgan fingerprint density at radius 3 is 2.58 bits per heavy atom. The number of guanidine groups is 1. The van der Waals surface area contributed by atoms with Gasteiger partial charge in [0, 0.05) is 0 Å². The molecule has 0 atom stereocenters. The number of nitrogens with two attached hydrogens (primary N) is 2. The van der Waals surface area contributed by atoms with Crippen molar-refractivity contribution < 1.29 is 0 Å². The van der Waals surface area contributed by atoms with Crippen LogP contribution >= 0.6 is 0 Å². The molecule has 4 N–H and O–H groups in total. The van der Waals surface area contributed by atoms with Gasteiger partial charge in [-0.05, 0) is 18.1 Å². The van der Waals surface area contributed by atoms with E-state index in [1.807, 2.05) is 31.2 Å². The average Bonchev–Trinajstić information content (AvgIpc) is 2.03.